The molecule has 0 amide bonds. The summed E-state index contributed by atoms with van der Waals surface area (Å²) in [5.41, 5.74) is 2.05. The molecule has 0 fully saturated rings. The molecule has 5 heteroatoms. The van der Waals surface area contributed by atoms with Crippen molar-refractivity contribution in [3.8, 4) is 5.75 Å². The molecule has 1 aromatic heterocycles. The standard InChI is InChI=1S/C16H21N3O2/c1-12-4-3-5-16(8-12)21-11-15(20)10-17-9-14-6-7-18-13(2)19-14/h3-8,15,17,20H,9-11H2,1-2H3. The monoisotopic (exact) mass is 287 g/mol. The van der Waals surface area contributed by atoms with Crippen LogP contribution in [-0.4, -0.2) is 34.3 Å². The van der Waals surface area contributed by atoms with E-state index < -0.39 is 6.10 Å². The second-order valence-electron chi connectivity index (χ2n) is 5.01. The van der Waals surface area contributed by atoms with Crippen molar-refractivity contribution in [2.45, 2.75) is 26.5 Å². The van der Waals surface area contributed by atoms with Crippen LogP contribution in [0.5, 0.6) is 5.75 Å². The highest BCUT2D eigenvalue weighted by atomic mass is 16.5. The minimum Gasteiger partial charge on any atom is -0.491 e. The molecule has 0 spiro atoms. The van der Waals surface area contributed by atoms with Crippen molar-refractivity contribution >= 4 is 0 Å². The highest BCUT2D eigenvalue weighted by Crippen LogP contribution is 2.12. The van der Waals surface area contributed by atoms with E-state index in [2.05, 4.69) is 15.3 Å². The van der Waals surface area contributed by atoms with Crippen molar-refractivity contribution in [1.82, 2.24) is 15.3 Å². The van der Waals surface area contributed by atoms with E-state index in [4.69, 9.17) is 4.74 Å². The van der Waals surface area contributed by atoms with E-state index >= 15 is 0 Å². The Morgan fingerprint density at radius 1 is 1.29 bits per heavy atom. The number of nitrogens with one attached hydrogen (secondary N) is 1. The Morgan fingerprint density at radius 3 is 2.90 bits per heavy atom. The Balaban J connectivity index is 1.69. The van der Waals surface area contributed by atoms with Gasteiger partial charge in [-0.05, 0) is 37.6 Å². The average Bonchev–Trinajstić information content (AvgIpc) is 2.45. The SMILES string of the molecule is Cc1cccc(OCC(O)CNCc2ccnc(C)n2)c1. The van der Waals surface area contributed by atoms with Gasteiger partial charge in [-0.15, -0.1) is 0 Å². The Hall–Kier alpha value is -1.98. The predicted octanol–water partition coefficient (Wildman–Crippen LogP) is 1.62. The predicted molar refractivity (Wildman–Crippen MR) is 81.2 cm³/mol. The number of nitrogens with zero attached hydrogens (tertiary/aromatic N) is 2. The first-order valence-electron chi connectivity index (χ1n) is 7.00. The van der Waals surface area contributed by atoms with E-state index in [0.29, 0.717) is 13.1 Å². The van der Waals surface area contributed by atoms with Crippen LogP contribution in [0.3, 0.4) is 0 Å². The lowest BCUT2D eigenvalue weighted by molar-refractivity contribution is 0.106. The van der Waals surface area contributed by atoms with Crippen LogP contribution in [0.25, 0.3) is 0 Å². The van der Waals surface area contributed by atoms with E-state index in [-0.39, 0.29) is 6.61 Å². The van der Waals surface area contributed by atoms with Crippen LogP contribution in [0.2, 0.25) is 0 Å². The van der Waals surface area contributed by atoms with Gasteiger partial charge in [-0.2, -0.15) is 0 Å². The van der Waals surface area contributed by atoms with Gasteiger partial charge in [0.15, 0.2) is 0 Å². The van der Waals surface area contributed by atoms with E-state index in [9.17, 15) is 5.11 Å². The summed E-state index contributed by atoms with van der Waals surface area (Å²) in [6.07, 6.45) is 1.17. The molecular formula is C16H21N3O2. The lowest BCUT2D eigenvalue weighted by Gasteiger charge is -2.13. The highest BCUT2D eigenvalue weighted by Gasteiger charge is 2.05. The lowest BCUT2D eigenvalue weighted by Crippen LogP contribution is -2.31. The normalized spacial score (nSPS) is 12.1. The highest BCUT2D eigenvalue weighted by molar-refractivity contribution is 5.27. The van der Waals surface area contributed by atoms with Crippen LogP contribution >= 0.6 is 0 Å². The minimum absolute atomic E-state index is 0.263. The molecule has 1 atom stereocenters. The Labute approximate surface area is 125 Å². The first-order valence-corrected chi connectivity index (χ1v) is 7.00. The number of aryl methyl sites for hydroxylation is 2. The Bertz CT molecular complexity index is 575. The molecule has 5 nitrogen and oxygen atoms in total. The summed E-state index contributed by atoms with van der Waals surface area (Å²) < 4.78 is 5.55. The molecule has 0 saturated heterocycles. The fraction of sp³-hybridized carbons (Fsp3) is 0.375. The van der Waals surface area contributed by atoms with Gasteiger partial charge in [-0.3, -0.25) is 0 Å². The fourth-order valence-electron chi connectivity index (χ4n) is 1.93. The number of ether oxygens (including phenoxy) is 1. The lowest BCUT2D eigenvalue weighted by atomic mass is 10.2. The van der Waals surface area contributed by atoms with Gasteiger partial charge >= 0.3 is 0 Å². The van der Waals surface area contributed by atoms with Gasteiger partial charge in [0.25, 0.3) is 0 Å². The van der Waals surface area contributed by atoms with Gasteiger partial charge in [0, 0.05) is 19.3 Å². The molecule has 1 aromatic carbocycles. The smallest absolute Gasteiger partial charge is 0.125 e. The van der Waals surface area contributed by atoms with Crippen LogP contribution in [0.4, 0.5) is 0 Å². The third-order valence-electron chi connectivity index (χ3n) is 2.95. The van der Waals surface area contributed by atoms with Gasteiger partial charge < -0.3 is 15.2 Å². The molecule has 0 bridgehead atoms. The maximum absolute atomic E-state index is 9.89. The molecule has 112 valence electrons. The molecular weight excluding hydrogens is 266 g/mol. The summed E-state index contributed by atoms with van der Waals surface area (Å²) in [4.78, 5) is 8.33. The Morgan fingerprint density at radius 2 is 2.14 bits per heavy atom. The van der Waals surface area contributed by atoms with Crippen LogP contribution < -0.4 is 10.1 Å². The molecule has 21 heavy (non-hydrogen) atoms. The van der Waals surface area contributed by atoms with Crippen molar-refractivity contribution in [2.24, 2.45) is 0 Å². The van der Waals surface area contributed by atoms with Crippen molar-refractivity contribution in [1.29, 1.82) is 0 Å². The molecule has 0 aliphatic heterocycles. The van der Waals surface area contributed by atoms with Crippen LogP contribution in [0.15, 0.2) is 36.5 Å². The summed E-state index contributed by atoms with van der Waals surface area (Å²) in [6, 6.07) is 9.64. The van der Waals surface area contributed by atoms with Crippen LogP contribution in [-0.2, 0) is 6.54 Å². The maximum atomic E-state index is 9.89. The molecule has 2 aromatic rings. The summed E-state index contributed by atoms with van der Waals surface area (Å²) >= 11 is 0. The molecule has 0 aliphatic carbocycles. The van der Waals surface area contributed by atoms with E-state index in [0.717, 1.165) is 22.8 Å². The minimum atomic E-state index is -0.562. The topological polar surface area (TPSA) is 67.3 Å². The number of hydrogen-bond donors (Lipinski definition) is 2. The number of rotatable bonds is 7. The number of hydrogen-bond acceptors (Lipinski definition) is 5. The number of aliphatic hydroxyl groups is 1. The van der Waals surface area contributed by atoms with Gasteiger partial charge in [-0.1, -0.05) is 12.1 Å². The summed E-state index contributed by atoms with van der Waals surface area (Å²) in [5, 5.41) is 13.0. The van der Waals surface area contributed by atoms with E-state index in [1.54, 1.807) is 6.20 Å². The summed E-state index contributed by atoms with van der Waals surface area (Å²) in [5.74, 6) is 1.53. The second kappa shape index (κ2) is 7.71. The maximum Gasteiger partial charge on any atom is 0.125 e. The molecule has 1 unspecified atom stereocenters. The van der Waals surface area contributed by atoms with Gasteiger partial charge in [-0.25, -0.2) is 9.97 Å². The largest absolute Gasteiger partial charge is 0.491 e. The van der Waals surface area contributed by atoms with Gasteiger partial charge in [0.2, 0.25) is 0 Å². The van der Waals surface area contributed by atoms with Gasteiger partial charge in [0.1, 0.15) is 24.3 Å². The first-order chi connectivity index (χ1) is 10.1. The molecule has 0 aliphatic rings. The molecule has 1 heterocycles. The van der Waals surface area contributed by atoms with Crippen molar-refractivity contribution in [2.75, 3.05) is 13.2 Å². The molecule has 0 radical (unpaired) electrons. The zero-order valence-corrected chi connectivity index (χ0v) is 12.4. The zero-order valence-electron chi connectivity index (χ0n) is 12.4. The van der Waals surface area contributed by atoms with Crippen molar-refractivity contribution in [3.63, 3.8) is 0 Å². The van der Waals surface area contributed by atoms with Crippen molar-refractivity contribution < 1.29 is 9.84 Å². The fourth-order valence-corrected chi connectivity index (χ4v) is 1.93. The Kier molecular flexibility index (Phi) is 5.66. The number of benzene rings is 1. The van der Waals surface area contributed by atoms with E-state index in [1.807, 2.05) is 44.2 Å². The quantitative estimate of drug-likeness (QED) is 0.810. The first kappa shape index (κ1) is 15.4. The molecule has 0 saturated carbocycles. The van der Waals surface area contributed by atoms with E-state index in [1.165, 1.54) is 0 Å². The van der Waals surface area contributed by atoms with Gasteiger partial charge in [0.05, 0.1) is 5.69 Å². The van der Waals surface area contributed by atoms with Crippen molar-refractivity contribution in [3.05, 3.63) is 53.6 Å². The van der Waals surface area contributed by atoms with Crippen LogP contribution in [0, 0.1) is 13.8 Å². The summed E-state index contributed by atoms with van der Waals surface area (Å²) in [6.45, 7) is 5.18. The molecule has 2 rings (SSSR count). The third kappa shape index (κ3) is 5.49. The third-order valence-corrected chi connectivity index (χ3v) is 2.95. The zero-order chi connectivity index (χ0) is 15.1. The molecule has 2 N–H and O–H groups in total. The average molecular weight is 287 g/mol. The van der Waals surface area contributed by atoms with Crippen LogP contribution in [0.1, 0.15) is 17.1 Å². The summed E-state index contributed by atoms with van der Waals surface area (Å²) in [7, 11) is 0. The second-order valence-corrected chi connectivity index (χ2v) is 5.01. The number of aliphatic hydroxyl groups excluding tert-OH is 1. The number of aromatic nitrogens is 2.